The number of hydrogen-bond acceptors (Lipinski definition) is 5. The average Bonchev–Trinajstić information content (AvgIpc) is 2.81. The van der Waals surface area contributed by atoms with Crippen LogP contribution in [0.2, 0.25) is 0 Å². The molecular weight excluding hydrogens is 248 g/mol. The molecule has 0 radical (unpaired) electrons. The molecule has 7 heteroatoms. The van der Waals surface area contributed by atoms with Crippen LogP contribution in [0.25, 0.3) is 0 Å². The second kappa shape index (κ2) is 9.52. The quantitative estimate of drug-likeness (QED) is 0.568. The molecule has 6 nitrogen and oxygen atoms in total. The molecular formula is C10H20O6S. The molecule has 0 aromatic rings. The zero-order valence-corrected chi connectivity index (χ0v) is 10.8. The average molecular weight is 268 g/mol. The maximum Gasteiger partial charge on any atom is 0.265 e. The van der Waals surface area contributed by atoms with E-state index in [2.05, 4.69) is 0 Å². The van der Waals surface area contributed by atoms with Gasteiger partial charge in [-0.3, -0.25) is 4.55 Å². The highest BCUT2D eigenvalue weighted by Gasteiger charge is 2.15. The third-order valence-corrected chi connectivity index (χ3v) is 2.93. The summed E-state index contributed by atoms with van der Waals surface area (Å²) in [6, 6.07) is 0. The van der Waals surface area contributed by atoms with Crippen molar-refractivity contribution in [1.82, 2.24) is 0 Å². The smallest absolute Gasteiger partial charge is 0.265 e. The van der Waals surface area contributed by atoms with E-state index < -0.39 is 21.8 Å². The standard InChI is InChI=1S/C7H14O4S.C3H6O2/c1-2-3-4-7(5-8)6-12(9,10)11;1-2-5-3-4-1/h5,7H,2-4,6H2,1H3,(H,9,10,11);1-3H2. The van der Waals surface area contributed by atoms with E-state index in [0.29, 0.717) is 19.5 Å². The van der Waals surface area contributed by atoms with Crippen molar-refractivity contribution < 1.29 is 27.2 Å². The first-order valence-corrected chi connectivity index (χ1v) is 7.16. The van der Waals surface area contributed by atoms with Gasteiger partial charge in [-0.15, -0.1) is 0 Å². The number of rotatable bonds is 6. The lowest BCUT2D eigenvalue weighted by molar-refractivity contribution is -0.110. The molecule has 1 aliphatic rings. The maximum atomic E-state index is 10.4. The molecule has 102 valence electrons. The van der Waals surface area contributed by atoms with Gasteiger partial charge in [0.15, 0.2) is 0 Å². The van der Waals surface area contributed by atoms with Crippen molar-refractivity contribution in [3.05, 3.63) is 0 Å². The van der Waals surface area contributed by atoms with E-state index in [0.717, 1.165) is 26.1 Å². The molecule has 0 amide bonds. The van der Waals surface area contributed by atoms with E-state index in [1.54, 1.807) is 0 Å². The topological polar surface area (TPSA) is 89.9 Å². The highest BCUT2D eigenvalue weighted by molar-refractivity contribution is 7.85. The van der Waals surface area contributed by atoms with E-state index >= 15 is 0 Å². The van der Waals surface area contributed by atoms with E-state index in [4.69, 9.17) is 14.0 Å². The molecule has 1 rings (SSSR count). The summed E-state index contributed by atoms with van der Waals surface area (Å²) < 4.78 is 38.6. The summed E-state index contributed by atoms with van der Waals surface area (Å²) in [6.07, 6.45) is 2.83. The summed E-state index contributed by atoms with van der Waals surface area (Å²) in [5.41, 5.74) is 0. The Hall–Kier alpha value is -0.500. The Bertz CT molecular complexity index is 276. The number of unbranched alkanes of at least 4 members (excludes halogenated alkanes) is 1. The molecule has 1 unspecified atom stereocenters. The maximum absolute atomic E-state index is 10.4. The van der Waals surface area contributed by atoms with Crippen LogP contribution in [0.5, 0.6) is 0 Å². The van der Waals surface area contributed by atoms with Crippen molar-refractivity contribution in [2.45, 2.75) is 26.2 Å². The van der Waals surface area contributed by atoms with E-state index in [1.807, 2.05) is 6.92 Å². The summed E-state index contributed by atoms with van der Waals surface area (Å²) >= 11 is 0. The normalized spacial score (nSPS) is 17.1. The molecule has 1 atom stereocenters. The second-order valence-corrected chi connectivity index (χ2v) is 5.22. The predicted molar refractivity (Wildman–Crippen MR) is 62.3 cm³/mol. The molecule has 1 saturated heterocycles. The van der Waals surface area contributed by atoms with Gasteiger partial charge in [0.1, 0.15) is 13.1 Å². The van der Waals surface area contributed by atoms with Crippen molar-refractivity contribution >= 4 is 16.4 Å². The number of hydrogen-bond donors (Lipinski definition) is 1. The number of ether oxygens (including phenoxy) is 2. The zero-order chi connectivity index (χ0) is 13.1. The van der Waals surface area contributed by atoms with Crippen LogP contribution in [-0.4, -0.2) is 45.0 Å². The summed E-state index contributed by atoms with van der Waals surface area (Å²) in [6.45, 7) is 4.01. The number of carbonyl (C=O) groups excluding carboxylic acids is 1. The Balaban J connectivity index is 0.000000419. The molecule has 1 N–H and O–H groups in total. The highest BCUT2D eigenvalue weighted by atomic mass is 32.2. The number of aldehydes is 1. The molecule has 0 aromatic carbocycles. The van der Waals surface area contributed by atoms with Crippen LogP contribution in [0.1, 0.15) is 26.2 Å². The lowest BCUT2D eigenvalue weighted by atomic mass is 10.1. The fourth-order valence-corrected chi connectivity index (χ4v) is 2.01. The number of carbonyl (C=O) groups is 1. The Morgan fingerprint density at radius 1 is 1.35 bits per heavy atom. The molecule has 0 bridgehead atoms. The van der Waals surface area contributed by atoms with Crippen molar-refractivity contribution in [2.24, 2.45) is 5.92 Å². The molecule has 17 heavy (non-hydrogen) atoms. The third-order valence-electron chi connectivity index (χ3n) is 2.08. The Kier molecular flexibility index (Phi) is 9.24. The molecule has 0 spiro atoms. The van der Waals surface area contributed by atoms with E-state index in [9.17, 15) is 13.2 Å². The van der Waals surface area contributed by atoms with Crippen molar-refractivity contribution in [1.29, 1.82) is 0 Å². The van der Waals surface area contributed by atoms with Gasteiger partial charge in [0, 0.05) is 5.92 Å². The minimum Gasteiger partial charge on any atom is -0.353 e. The van der Waals surface area contributed by atoms with E-state index in [1.165, 1.54) is 0 Å². The minimum atomic E-state index is -4.00. The van der Waals surface area contributed by atoms with Crippen LogP contribution in [0.3, 0.4) is 0 Å². The Morgan fingerprint density at radius 3 is 2.24 bits per heavy atom. The van der Waals surface area contributed by atoms with Gasteiger partial charge in [-0.05, 0) is 6.42 Å². The molecule has 0 aromatic heterocycles. The molecule has 1 fully saturated rings. The lowest BCUT2D eigenvalue weighted by Crippen LogP contribution is -2.16. The first-order valence-electron chi connectivity index (χ1n) is 5.55. The fourth-order valence-electron chi connectivity index (χ4n) is 1.22. The highest BCUT2D eigenvalue weighted by Crippen LogP contribution is 2.07. The molecule has 1 aliphatic heterocycles. The monoisotopic (exact) mass is 268 g/mol. The van der Waals surface area contributed by atoms with Gasteiger partial charge in [0.25, 0.3) is 10.1 Å². The Morgan fingerprint density at radius 2 is 1.94 bits per heavy atom. The van der Waals surface area contributed by atoms with Crippen molar-refractivity contribution in [3.8, 4) is 0 Å². The fraction of sp³-hybridized carbons (Fsp3) is 0.900. The van der Waals surface area contributed by atoms with Gasteiger partial charge in [-0.1, -0.05) is 19.8 Å². The van der Waals surface area contributed by atoms with Gasteiger partial charge < -0.3 is 14.3 Å². The van der Waals surface area contributed by atoms with E-state index in [-0.39, 0.29) is 0 Å². The SMILES string of the molecule is C1COCO1.CCCCC(C=O)CS(=O)(=O)O. The van der Waals surface area contributed by atoms with Crippen LogP contribution < -0.4 is 0 Å². The van der Waals surface area contributed by atoms with Gasteiger partial charge in [-0.2, -0.15) is 8.42 Å². The summed E-state index contributed by atoms with van der Waals surface area (Å²) in [5.74, 6) is -1.00. The van der Waals surface area contributed by atoms with Crippen LogP contribution in [0, 0.1) is 5.92 Å². The van der Waals surface area contributed by atoms with Crippen LogP contribution in [0.4, 0.5) is 0 Å². The van der Waals surface area contributed by atoms with Gasteiger partial charge in [0.2, 0.25) is 0 Å². The first-order chi connectivity index (χ1) is 7.99. The molecule has 1 heterocycles. The van der Waals surface area contributed by atoms with Crippen molar-refractivity contribution in [3.63, 3.8) is 0 Å². The second-order valence-electron chi connectivity index (χ2n) is 3.72. The minimum absolute atomic E-state index is 0.448. The predicted octanol–water partition coefficient (Wildman–Crippen LogP) is 0.870. The largest absolute Gasteiger partial charge is 0.353 e. The zero-order valence-electron chi connectivity index (χ0n) is 10.0. The first kappa shape index (κ1) is 16.5. The summed E-state index contributed by atoms with van der Waals surface area (Å²) in [4.78, 5) is 10.3. The van der Waals surface area contributed by atoms with Gasteiger partial charge >= 0.3 is 0 Å². The van der Waals surface area contributed by atoms with Crippen LogP contribution >= 0.6 is 0 Å². The van der Waals surface area contributed by atoms with Crippen LogP contribution in [0.15, 0.2) is 0 Å². The van der Waals surface area contributed by atoms with Gasteiger partial charge in [-0.25, -0.2) is 0 Å². The third kappa shape index (κ3) is 11.8. The van der Waals surface area contributed by atoms with Crippen LogP contribution in [-0.2, 0) is 24.4 Å². The Labute approximate surface area is 102 Å². The summed E-state index contributed by atoms with van der Waals surface area (Å²) in [5, 5.41) is 0. The summed E-state index contributed by atoms with van der Waals surface area (Å²) in [7, 11) is -4.00. The lowest BCUT2D eigenvalue weighted by Gasteiger charge is -2.05. The molecule has 0 saturated carbocycles. The molecule has 0 aliphatic carbocycles. The van der Waals surface area contributed by atoms with Crippen molar-refractivity contribution in [2.75, 3.05) is 25.8 Å². The van der Waals surface area contributed by atoms with Gasteiger partial charge in [0.05, 0.1) is 19.0 Å².